The monoisotopic (exact) mass is 355 g/mol. The van der Waals surface area contributed by atoms with Crippen LogP contribution >= 0.6 is 35.3 Å². The first kappa shape index (κ1) is 16.7. The Morgan fingerprint density at radius 3 is 2.82 bits per heavy atom. The van der Waals surface area contributed by atoms with E-state index in [-0.39, 0.29) is 18.2 Å². The van der Waals surface area contributed by atoms with Crippen LogP contribution < -0.4 is 5.32 Å². The molecule has 0 aliphatic heterocycles. The molecule has 1 amide bonds. The minimum absolute atomic E-state index is 0.135. The summed E-state index contributed by atoms with van der Waals surface area (Å²) in [4.78, 5) is 22.5. The Morgan fingerprint density at radius 1 is 1.41 bits per heavy atom. The van der Waals surface area contributed by atoms with E-state index >= 15 is 0 Å². The van der Waals surface area contributed by atoms with E-state index in [4.69, 9.17) is 12.2 Å². The first-order chi connectivity index (χ1) is 10.6. The molecule has 116 valence electrons. The molecule has 1 aromatic heterocycles. The molecular formula is C13H13N3O3S3. The van der Waals surface area contributed by atoms with Crippen LogP contribution in [0.2, 0.25) is 0 Å². The van der Waals surface area contributed by atoms with Crippen LogP contribution in [0.5, 0.6) is 0 Å². The van der Waals surface area contributed by atoms with Gasteiger partial charge in [-0.25, -0.2) is 4.68 Å². The molecule has 0 radical (unpaired) electrons. The van der Waals surface area contributed by atoms with Crippen LogP contribution in [-0.2, 0) is 14.3 Å². The zero-order valence-electron chi connectivity index (χ0n) is 11.6. The average molecular weight is 355 g/mol. The highest BCUT2D eigenvalue weighted by atomic mass is 32.2. The van der Waals surface area contributed by atoms with Crippen molar-refractivity contribution in [3.05, 3.63) is 34.3 Å². The fourth-order valence-electron chi connectivity index (χ4n) is 1.47. The number of para-hydroxylation sites is 1. The lowest BCUT2D eigenvalue weighted by atomic mass is 10.3. The second kappa shape index (κ2) is 8.06. The molecular weight excluding hydrogens is 342 g/mol. The normalized spacial score (nSPS) is 10.2. The van der Waals surface area contributed by atoms with Crippen molar-refractivity contribution >= 4 is 47.2 Å². The number of carbonyl (C=O) groups is 2. The summed E-state index contributed by atoms with van der Waals surface area (Å²) in [6.07, 6.45) is 0. The van der Waals surface area contributed by atoms with E-state index < -0.39 is 5.97 Å². The maximum Gasteiger partial charge on any atom is 0.325 e. The van der Waals surface area contributed by atoms with E-state index in [9.17, 15) is 9.59 Å². The van der Waals surface area contributed by atoms with Crippen LogP contribution in [0.1, 0.15) is 0 Å². The van der Waals surface area contributed by atoms with Gasteiger partial charge in [-0.15, -0.1) is 5.10 Å². The third-order valence-electron chi connectivity index (χ3n) is 2.51. The number of ether oxygens (including phenoxy) is 1. The molecule has 0 saturated heterocycles. The molecule has 0 aliphatic rings. The highest BCUT2D eigenvalue weighted by Crippen LogP contribution is 2.23. The van der Waals surface area contributed by atoms with Crippen molar-refractivity contribution in [3.63, 3.8) is 0 Å². The third kappa shape index (κ3) is 4.65. The quantitative estimate of drug-likeness (QED) is 0.486. The van der Waals surface area contributed by atoms with Gasteiger partial charge in [0, 0.05) is 0 Å². The van der Waals surface area contributed by atoms with E-state index in [2.05, 4.69) is 15.2 Å². The third-order valence-corrected chi connectivity index (χ3v) is 4.88. The Kier molecular flexibility index (Phi) is 6.10. The fourth-order valence-corrected chi connectivity index (χ4v) is 3.66. The zero-order valence-corrected chi connectivity index (χ0v) is 14.1. The number of methoxy groups -OCH3 is 1. The smallest absolute Gasteiger partial charge is 0.325 e. The van der Waals surface area contributed by atoms with Crippen LogP contribution in [0.25, 0.3) is 5.69 Å². The lowest BCUT2D eigenvalue weighted by molar-refractivity contribution is -0.140. The number of rotatable bonds is 6. The summed E-state index contributed by atoms with van der Waals surface area (Å²) in [5, 5.41) is 6.85. The molecule has 0 fully saturated rings. The molecule has 1 N–H and O–H groups in total. The molecule has 0 atom stereocenters. The maximum atomic E-state index is 11.6. The molecule has 2 aromatic rings. The molecule has 22 heavy (non-hydrogen) atoms. The van der Waals surface area contributed by atoms with Crippen molar-refractivity contribution in [2.75, 3.05) is 19.4 Å². The topological polar surface area (TPSA) is 73.2 Å². The molecule has 0 spiro atoms. The van der Waals surface area contributed by atoms with Crippen molar-refractivity contribution in [2.24, 2.45) is 0 Å². The molecule has 0 saturated carbocycles. The van der Waals surface area contributed by atoms with Gasteiger partial charge in [0.1, 0.15) is 6.54 Å². The van der Waals surface area contributed by atoms with Crippen LogP contribution in [0.15, 0.2) is 34.7 Å². The second-order valence-electron chi connectivity index (χ2n) is 4.02. The van der Waals surface area contributed by atoms with Crippen LogP contribution in [-0.4, -0.2) is 41.1 Å². The largest absolute Gasteiger partial charge is 0.468 e. The first-order valence-corrected chi connectivity index (χ1v) is 8.43. The maximum absolute atomic E-state index is 11.6. The molecule has 6 nitrogen and oxygen atoms in total. The number of nitrogens with zero attached hydrogens (tertiary/aromatic N) is 2. The summed E-state index contributed by atoms with van der Waals surface area (Å²) in [5.41, 5.74) is 0.880. The van der Waals surface area contributed by atoms with Gasteiger partial charge < -0.3 is 10.1 Å². The number of hydrogen-bond donors (Lipinski definition) is 1. The predicted molar refractivity (Wildman–Crippen MR) is 88.0 cm³/mol. The van der Waals surface area contributed by atoms with E-state index in [1.807, 2.05) is 30.3 Å². The number of aromatic nitrogens is 2. The summed E-state index contributed by atoms with van der Waals surface area (Å²) >= 11 is 7.89. The molecule has 2 rings (SSSR count). The van der Waals surface area contributed by atoms with Crippen molar-refractivity contribution in [3.8, 4) is 5.69 Å². The average Bonchev–Trinajstić information content (AvgIpc) is 2.92. The van der Waals surface area contributed by atoms with Crippen LogP contribution in [0.4, 0.5) is 0 Å². The van der Waals surface area contributed by atoms with Gasteiger partial charge in [-0.1, -0.05) is 41.3 Å². The molecule has 1 heterocycles. The van der Waals surface area contributed by atoms with Gasteiger partial charge in [0.05, 0.1) is 18.6 Å². The lowest BCUT2D eigenvalue weighted by Gasteiger charge is -2.02. The number of nitrogens with one attached hydrogen (secondary N) is 1. The zero-order chi connectivity index (χ0) is 15.9. The number of amides is 1. The van der Waals surface area contributed by atoms with Crippen LogP contribution in [0.3, 0.4) is 0 Å². The Labute approximate surface area is 140 Å². The van der Waals surface area contributed by atoms with Gasteiger partial charge >= 0.3 is 5.97 Å². The molecule has 0 unspecified atom stereocenters. The summed E-state index contributed by atoms with van der Waals surface area (Å²) in [5.74, 6) is -0.584. The fraction of sp³-hybridized carbons (Fsp3) is 0.231. The Hall–Kier alpha value is -1.71. The van der Waals surface area contributed by atoms with Crippen molar-refractivity contribution < 1.29 is 14.3 Å². The Morgan fingerprint density at radius 2 is 2.14 bits per heavy atom. The Balaban J connectivity index is 1.93. The molecule has 1 aromatic carbocycles. The van der Waals surface area contributed by atoms with Gasteiger partial charge in [0.2, 0.25) is 5.91 Å². The van der Waals surface area contributed by atoms with Crippen molar-refractivity contribution in [2.45, 2.75) is 4.34 Å². The van der Waals surface area contributed by atoms with E-state index in [0.29, 0.717) is 8.29 Å². The minimum atomic E-state index is -0.484. The summed E-state index contributed by atoms with van der Waals surface area (Å²) in [7, 11) is 1.27. The van der Waals surface area contributed by atoms with E-state index in [0.717, 1.165) is 5.69 Å². The number of benzene rings is 1. The predicted octanol–water partition coefficient (Wildman–Crippen LogP) is 2.04. The van der Waals surface area contributed by atoms with Crippen LogP contribution in [0, 0.1) is 3.95 Å². The number of esters is 1. The first-order valence-electron chi connectivity index (χ1n) is 6.22. The highest BCUT2D eigenvalue weighted by Gasteiger charge is 2.10. The van der Waals surface area contributed by atoms with Gasteiger partial charge in [-0.3, -0.25) is 9.59 Å². The van der Waals surface area contributed by atoms with Gasteiger partial charge in [-0.2, -0.15) is 0 Å². The Bertz CT molecular complexity index is 712. The number of hydrogen-bond acceptors (Lipinski definition) is 7. The van der Waals surface area contributed by atoms with Gasteiger partial charge in [-0.05, 0) is 24.4 Å². The second-order valence-corrected chi connectivity index (χ2v) is 6.87. The minimum Gasteiger partial charge on any atom is -0.468 e. The molecule has 9 heteroatoms. The summed E-state index contributed by atoms with van der Waals surface area (Å²) < 4.78 is 7.42. The lowest BCUT2D eigenvalue weighted by Crippen LogP contribution is -2.31. The summed E-state index contributed by atoms with van der Waals surface area (Å²) in [6, 6.07) is 9.55. The number of carbonyl (C=O) groups excluding carboxylic acids is 2. The molecule has 0 aliphatic carbocycles. The SMILES string of the molecule is COC(=O)CNC(=O)CSc1nn(-c2ccccc2)c(=S)s1. The van der Waals surface area contributed by atoms with Crippen molar-refractivity contribution in [1.29, 1.82) is 0 Å². The summed E-state index contributed by atoms with van der Waals surface area (Å²) in [6.45, 7) is -0.135. The van der Waals surface area contributed by atoms with Gasteiger partial charge in [0.15, 0.2) is 8.29 Å². The standard InChI is InChI=1S/C13H13N3O3S3/c1-19-11(18)7-14-10(17)8-21-12-15-16(13(20)22-12)9-5-3-2-4-6-9/h2-6H,7-8H2,1H3,(H,14,17). The molecule has 0 bridgehead atoms. The highest BCUT2D eigenvalue weighted by molar-refractivity contribution is 8.01. The van der Waals surface area contributed by atoms with E-state index in [1.54, 1.807) is 4.68 Å². The van der Waals surface area contributed by atoms with Crippen molar-refractivity contribution in [1.82, 2.24) is 15.1 Å². The number of thioether (sulfide) groups is 1. The van der Waals surface area contributed by atoms with Gasteiger partial charge in [0.25, 0.3) is 0 Å². The van der Waals surface area contributed by atoms with E-state index in [1.165, 1.54) is 30.2 Å².